The largest absolute Gasteiger partial charge is 0.496 e. The van der Waals surface area contributed by atoms with Crippen LogP contribution in [0.5, 0.6) is 5.75 Å². The Morgan fingerprint density at radius 2 is 1.82 bits per heavy atom. The lowest BCUT2D eigenvalue weighted by Gasteiger charge is -2.03. The van der Waals surface area contributed by atoms with Gasteiger partial charge in [0.25, 0.3) is 0 Å². The highest BCUT2D eigenvalue weighted by Gasteiger charge is 2.02. The van der Waals surface area contributed by atoms with Crippen molar-refractivity contribution in [1.82, 2.24) is 14.9 Å². The number of para-hydroxylation sites is 1. The Bertz CT molecular complexity index is 526. The van der Waals surface area contributed by atoms with Gasteiger partial charge >= 0.3 is 0 Å². The van der Waals surface area contributed by atoms with Gasteiger partial charge in [-0.2, -0.15) is 5.10 Å². The standard InChI is InChI=1S/C12H14N4O/c1-9-14-15-10(2)16(9)13-8-11-6-4-5-7-12(11)17-3/h4-8H,1-3H3. The maximum Gasteiger partial charge on any atom is 0.151 e. The first-order chi connectivity index (χ1) is 8.22. The fourth-order valence-corrected chi connectivity index (χ4v) is 1.52. The number of rotatable bonds is 3. The van der Waals surface area contributed by atoms with E-state index in [0.29, 0.717) is 0 Å². The molecule has 0 aliphatic carbocycles. The number of aryl methyl sites for hydroxylation is 2. The first-order valence-corrected chi connectivity index (χ1v) is 5.28. The van der Waals surface area contributed by atoms with Gasteiger partial charge in [0.15, 0.2) is 11.6 Å². The average molecular weight is 230 g/mol. The van der Waals surface area contributed by atoms with Crippen LogP contribution in [-0.4, -0.2) is 28.2 Å². The van der Waals surface area contributed by atoms with Gasteiger partial charge in [-0.15, -0.1) is 10.2 Å². The van der Waals surface area contributed by atoms with Gasteiger partial charge in [-0.1, -0.05) is 12.1 Å². The van der Waals surface area contributed by atoms with Crippen molar-refractivity contribution in [2.75, 3.05) is 7.11 Å². The molecule has 0 atom stereocenters. The second-order valence-corrected chi connectivity index (χ2v) is 3.59. The first-order valence-electron chi connectivity index (χ1n) is 5.28. The van der Waals surface area contributed by atoms with Gasteiger partial charge < -0.3 is 4.74 Å². The Morgan fingerprint density at radius 1 is 1.18 bits per heavy atom. The molecule has 0 spiro atoms. The number of nitrogens with zero attached hydrogens (tertiary/aromatic N) is 4. The van der Waals surface area contributed by atoms with Gasteiger partial charge in [0.1, 0.15) is 5.75 Å². The highest BCUT2D eigenvalue weighted by molar-refractivity contribution is 5.83. The molecule has 5 nitrogen and oxygen atoms in total. The van der Waals surface area contributed by atoms with Crippen LogP contribution in [0.2, 0.25) is 0 Å². The van der Waals surface area contributed by atoms with Crippen molar-refractivity contribution < 1.29 is 4.74 Å². The molecule has 0 fully saturated rings. The van der Waals surface area contributed by atoms with Crippen LogP contribution in [0.1, 0.15) is 17.2 Å². The molecule has 0 unspecified atom stereocenters. The van der Waals surface area contributed by atoms with E-state index in [0.717, 1.165) is 23.0 Å². The summed E-state index contributed by atoms with van der Waals surface area (Å²) in [5.74, 6) is 2.31. The monoisotopic (exact) mass is 230 g/mol. The van der Waals surface area contributed by atoms with Crippen LogP contribution in [0.25, 0.3) is 0 Å². The Kier molecular flexibility index (Phi) is 3.18. The Morgan fingerprint density at radius 3 is 2.47 bits per heavy atom. The third-order valence-electron chi connectivity index (χ3n) is 2.40. The zero-order valence-corrected chi connectivity index (χ0v) is 10.1. The highest BCUT2D eigenvalue weighted by atomic mass is 16.5. The molecule has 0 radical (unpaired) electrons. The molecule has 0 aliphatic heterocycles. The summed E-state index contributed by atoms with van der Waals surface area (Å²) in [5, 5.41) is 12.2. The van der Waals surface area contributed by atoms with Gasteiger partial charge in [-0.25, -0.2) is 4.68 Å². The van der Waals surface area contributed by atoms with Crippen molar-refractivity contribution in [2.24, 2.45) is 5.10 Å². The molecule has 2 aromatic rings. The second-order valence-electron chi connectivity index (χ2n) is 3.59. The summed E-state index contributed by atoms with van der Waals surface area (Å²) >= 11 is 0. The van der Waals surface area contributed by atoms with Crippen molar-refractivity contribution in [2.45, 2.75) is 13.8 Å². The third kappa shape index (κ3) is 2.33. The number of aromatic nitrogens is 3. The molecule has 0 amide bonds. The van der Waals surface area contributed by atoms with E-state index in [2.05, 4.69) is 15.3 Å². The molecule has 5 heteroatoms. The number of methoxy groups -OCH3 is 1. The summed E-state index contributed by atoms with van der Waals surface area (Å²) in [6, 6.07) is 7.70. The zero-order chi connectivity index (χ0) is 12.3. The van der Waals surface area contributed by atoms with E-state index in [-0.39, 0.29) is 0 Å². The summed E-state index contributed by atoms with van der Waals surface area (Å²) < 4.78 is 6.93. The summed E-state index contributed by atoms with van der Waals surface area (Å²) in [6.45, 7) is 3.72. The van der Waals surface area contributed by atoms with E-state index in [4.69, 9.17) is 4.74 Å². The summed E-state index contributed by atoms with van der Waals surface area (Å²) in [5.41, 5.74) is 0.919. The van der Waals surface area contributed by atoms with E-state index in [1.54, 1.807) is 18.0 Å². The van der Waals surface area contributed by atoms with Crippen LogP contribution in [0.3, 0.4) is 0 Å². The molecule has 1 aromatic heterocycles. The smallest absolute Gasteiger partial charge is 0.151 e. The minimum absolute atomic E-state index is 0.758. The Balaban J connectivity index is 2.32. The van der Waals surface area contributed by atoms with Gasteiger partial charge in [0.05, 0.1) is 13.3 Å². The van der Waals surface area contributed by atoms with Crippen molar-refractivity contribution in [3.8, 4) is 5.75 Å². The van der Waals surface area contributed by atoms with Crippen molar-refractivity contribution in [3.63, 3.8) is 0 Å². The predicted octanol–water partition coefficient (Wildman–Crippen LogP) is 1.79. The molecule has 1 aromatic carbocycles. The molecule has 0 saturated heterocycles. The van der Waals surface area contributed by atoms with Crippen LogP contribution >= 0.6 is 0 Å². The van der Waals surface area contributed by atoms with Crippen LogP contribution in [0.15, 0.2) is 29.4 Å². The zero-order valence-electron chi connectivity index (χ0n) is 10.1. The van der Waals surface area contributed by atoms with Crippen LogP contribution in [-0.2, 0) is 0 Å². The lowest BCUT2D eigenvalue weighted by atomic mass is 10.2. The molecule has 2 rings (SSSR count). The molecule has 0 bridgehead atoms. The maximum absolute atomic E-state index is 5.24. The predicted molar refractivity (Wildman–Crippen MR) is 65.5 cm³/mol. The van der Waals surface area contributed by atoms with Crippen LogP contribution in [0.4, 0.5) is 0 Å². The quantitative estimate of drug-likeness (QED) is 0.755. The normalized spacial score (nSPS) is 11.0. The lowest BCUT2D eigenvalue weighted by molar-refractivity contribution is 0.414. The minimum atomic E-state index is 0.758. The van der Waals surface area contributed by atoms with Crippen molar-refractivity contribution in [3.05, 3.63) is 41.5 Å². The molecule has 0 N–H and O–H groups in total. The Hall–Kier alpha value is -2.17. The summed E-state index contributed by atoms with van der Waals surface area (Å²) in [7, 11) is 1.64. The fourth-order valence-electron chi connectivity index (χ4n) is 1.52. The average Bonchev–Trinajstić information content (AvgIpc) is 2.67. The number of benzene rings is 1. The van der Waals surface area contributed by atoms with E-state index >= 15 is 0 Å². The molecule has 1 heterocycles. The Labute approximate surface area is 99.8 Å². The van der Waals surface area contributed by atoms with Crippen LogP contribution in [0, 0.1) is 13.8 Å². The number of ether oxygens (including phenoxy) is 1. The van der Waals surface area contributed by atoms with E-state index in [9.17, 15) is 0 Å². The minimum Gasteiger partial charge on any atom is -0.496 e. The maximum atomic E-state index is 5.24. The SMILES string of the molecule is COc1ccccc1C=Nn1c(C)nnc1C. The van der Waals surface area contributed by atoms with Gasteiger partial charge in [0, 0.05) is 5.56 Å². The van der Waals surface area contributed by atoms with E-state index in [1.165, 1.54) is 0 Å². The molecule has 17 heavy (non-hydrogen) atoms. The van der Waals surface area contributed by atoms with Crippen molar-refractivity contribution in [1.29, 1.82) is 0 Å². The lowest BCUT2D eigenvalue weighted by Crippen LogP contribution is -1.97. The third-order valence-corrected chi connectivity index (χ3v) is 2.40. The van der Waals surface area contributed by atoms with Crippen molar-refractivity contribution >= 4 is 6.21 Å². The van der Waals surface area contributed by atoms with Gasteiger partial charge in [-0.05, 0) is 26.0 Å². The van der Waals surface area contributed by atoms with Gasteiger partial charge in [0.2, 0.25) is 0 Å². The summed E-state index contributed by atoms with van der Waals surface area (Å²) in [4.78, 5) is 0. The van der Waals surface area contributed by atoms with E-state index < -0.39 is 0 Å². The van der Waals surface area contributed by atoms with E-state index in [1.807, 2.05) is 38.1 Å². The van der Waals surface area contributed by atoms with Gasteiger partial charge in [-0.3, -0.25) is 0 Å². The topological polar surface area (TPSA) is 52.3 Å². The molecule has 0 saturated carbocycles. The number of hydrogen-bond acceptors (Lipinski definition) is 4. The molecular formula is C12H14N4O. The molecular weight excluding hydrogens is 216 g/mol. The first kappa shape index (κ1) is 11.3. The summed E-state index contributed by atoms with van der Waals surface area (Å²) in [6.07, 6.45) is 1.74. The fraction of sp³-hybridized carbons (Fsp3) is 0.250. The molecule has 0 aliphatic rings. The molecule has 88 valence electrons. The second kappa shape index (κ2) is 4.78. The number of hydrogen-bond donors (Lipinski definition) is 0. The highest BCUT2D eigenvalue weighted by Crippen LogP contribution is 2.14. The van der Waals surface area contributed by atoms with Crippen LogP contribution < -0.4 is 4.74 Å².